The highest BCUT2D eigenvalue weighted by Gasteiger charge is 2.41. The molecule has 28 heavy (non-hydrogen) atoms. The number of anilines is 1. The van der Waals surface area contributed by atoms with E-state index in [1.54, 1.807) is 38.5 Å². The minimum Gasteiger partial charge on any atom is -0.497 e. The summed E-state index contributed by atoms with van der Waals surface area (Å²) in [4.78, 5) is 27.0. The molecule has 0 spiro atoms. The normalized spacial score (nSPS) is 21.4. The Bertz CT molecular complexity index is 876. The van der Waals surface area contributed by atoms with Crippen LogP contribution < -0.4 is 14.8 Å². The first-order chi connectivity index (χ1) is 13.6. The number of methoxy groups -OCH3 is 2. The zero-order valence-electron chi connectivity index (χ0n) is 16.1. The maximum absolute atomic E-state index is 12.8. The van der Waals surface area contributed by atoms with Crippen LogP contribution in [0.3, 0.4) is 0 Å². The molecular weight excluding hydrogens is 356 g/mol. The fourth-order valence-electron chi connectivity index (χ4n) is 4.21. The number of rotatable bonds is 5. The molecule has 0 saturated heterocycles. The molecule has 0 bridgehead atoms. The number of nitrogens with one attached hydrogen (secondary N) is 1. The Morgan fingerprint density at radius 3 is 2.32 bits per heavy atom. The molecule has 1 saturated carbocycles. The van der Waals surface area contributed by atoms with Gasteiger partial charge in [-0.15, -0.1) is 0 Å². The smallest absolute Gasteiger partial charge is 0.261 e. The topological polar surface area (TPSA) is 67.9 Å². The lowest BCUT2D eigenvalue weighted by atomic mass is 9.89. The van der Waals surface area contributed by atoms with Gasteiger partial charge in [0.1, 0.15) is 11.5 Å². The number of imide groups is 1. The van der Waals surface area contributed by atoms with Gasteiger partial charge in [0, 0.05) is 18.2 Å². The first kappa shape index (κ1) is 18.3. The predicted molar refractivity (Wildman–Crippen MR) is 106 cm³/mol. The molecule has 146 valence electrons. The molecule has 4 rings (SSSR count). The van der Waals surface area contributed by atoms with Crippen LogP contribution in [0.1, 0.15) is 46.4 Å². The van der Waals surface area contributed by atoms with Crippen molar-refractivity contribution in [2.45, 2.75) is 37.8 Å². The molecule has 1 heterocycles. The van der Waals surface area contributed by atoms with Crippen LogP contribution in [0.2, 0.25) is 0 Å². The zero-order valence-corrected chi connectivity index (χ0v) is 16.1. The Labute approximate surface area is 164 Å². The van der Waals surface area contributed by atoms with E-state index in [1.807, 2.05) is 18.2 Å². The van der Waals surface area contributed by atoms with Crippen LogP contribution in [0.5, 0.6) is 11.5 Å². The van der Waals surface area contributed by atoms with E-state index in [1.165, 1.54) is 4.90 Å². The van der Waals surface area contributed by atoms with Crippen LogP contribution in [0, 0.1) is 0 Å². The third-order valence-electron chi connectivity index (χ3n) is 5.61. The van der Waals surface area contributed by atoms with E-state index in [4.69, 9.17) is 9.47 Å². The quantitative estimate of drug-likeness (QED) is 0.801. The minimum absolute atomic E-state index is 0.0945. The molecule has 1 N–H and O–H groups in total. The summed E-state index contributed by atoms with van der Waals surface area (Å²) in [5.74, 6) is 1.10. The van der Waals surface area contributed by atoms with E-state index in [0.717, 1.165) is 37.1 Å². The number of ether oxygens (including phenoxy) is 2. The second-order valence-corrected chi connectivity index (χ2v) is 7.25. The van der Waals surface area contributed by atoms with Gasteiger partial charge in [0.25, 0.3) is 11.8 Å². The second kappa shape index (κ2) is 7.54. The van der Waals surface area contributed by atoms with E-state index in [9.17, 15) is 9.59 Å². The highest BCUT2D eigenvalue weighted by molar-refractivity contribution is 6.21. The van der Waals surface area contributed by atoms with Crippen LogP contribution >= 0.6 is 0 Å². The van der Waals surface area contributed by atoms with Crippen molar-refractivity contribution in [1.29, 1.82) is 0 Å². The van der Waals surface area contributed by atoms with Gasteiger partial charge in [-0.1, -0.05) is 12.1 Å². The summed E-state index contributed by atoms with van der Waals surface area (Å²) in [6, 6.07) is 12.8. The summed E-state index contributed by atoms with van der Waals surface area (Å²) in [6.07, 6.45) is 3.49. The molecule has 2 amide bonds. The van der Waals surface area contributed by atoms with Gasteiger partial charge < -0.3 is 14.8 Å². The van der Waals surface area contributed by atoms with Gasteiger partial charge in [0.2, 0.25) is 0 Å². The van der Waals surface area contributed by atoms with Gasteiger partial charge >= 0.3 is 0 Å². The molecule has 0 radical (unpaired) electrons. The summed E-state index contributed by atoms with van der Waals surface area (Å²) in [5, 5.41) is 3.53. The Kier molecular flexibility index (Phi) is 4.94. The standard InChI is InChI=1S/C22H24N2O4/c1-27-16-10-11-19(20(13-16)28-2)23-14-6-5-7-15(12-14)24-21(25)17-8-3-4-9-18(17)22(24)26/h3-4,8-11,13-15,23H,5-7,12H2,1-2H3/t14-,15-/m0/s1. The minimum atomic E-state index is -0.173. The molecule has 1 fully saturated rings. The van der Waals surface area contributed by atoms with Crippen molar-refractivity contribution in [2.75, 3.05) is 19.5 Å². The molecule has 1 aliphatic heterocycles. The molecular formula is C22H24N2O4. The van der Waals surface area contributed by atoms with Crippen molar-refractivity contribution < 1.29 is 19.1 Å². The maximum Gasteiger partial charge on any atom is 0.261 e. The number of carbonyl (C=O) groups is 2. The lowest BCUT2D eigenvalue weighted by Crippen LogP contribution is -2.45. The first-order valence-corrected chi connectivity index (χ1v) is 9.58. The fraction of sp³-hybridized carbons (Fsp3) is 0.364. The van der Waals surface area contributed by atoms with Crippen LogP contribution in [0.4, 0.5) is 5.69 Å². The summed E-state index contributed by atoms with van der Waals surface area (Å²) in [6.45, 7) is 0. The van der Waals surface area contributed by atoms with Crippen molar-refractivity contribution in [1.82, 2.24) is 4.90 Å². The Morgan fingerprint density at radius 1 is 0.964 bits per heavy atom. The van der Waals surface area contributed by atoms with Crippen molar-refractivity contribution in [3.8, 4) is 11.5 Å². The maximum atomic E-state index is 12.8. The van der Waals surface area contributed by atoms with Crippen molar-refractivity contribution in [2.24, 2.45) is 0 Å². The zero-order chi connectivity index (χ0) is 19.7. The largest absolute Gasteiger partial charge is 0.497 e. The van der Waals surface area contributed by atoms with E-state index in [-0.39, 0.29) is 23.9 Å². The predicted octanol–water partition coefficient (Wildman–Crippen LogP) is 3.72. The SMILES string of the molecule is COc1ccc(N[C@H]2CCC[C@H](N3C(=O)c4ccccc4C3=O)C2)c(OC)c1. The Hall–Kier alpha value is -3.02. The summed E-state index contributed by atoms with van der Waals surface area (Å²) in [7, 11) is 3.25. The molecule has 2 aromatic rings. The summed E-state index contributed by atoms with van der Waals surface area (Å²) >= 11 is 0. The van der Waals surface area contributed by atoms with E-state index >= 15 is 0 Å². The van der Waals surface area contributed by atoms with Gasteiger partial charge in [-0.3, -0.25) is 14.5 Å². The van der Waals surface area contributed by atoms with Crippen LogP contribution in [-0.4, -0.2) is 43.0 Å². The Balaban J connectivity index is 1.50. The lowest BCUT2D eigenvalue weighted by Gasteiger charge is -2.35. The monoisotopic (exact) mass is 380 g/mol. The van der Waals surface area contributed by atoms with Gasteiger partial charge in [-0.05, 0) is 49.9 Å². The number of amides is 2. The first-order valence-electron chi connectivity index (χ1n) is 9.58. The van der Waals surface area contributed by atoms with Crippen LogP contribution in [-0.2, 0) is 0 Å². The number of nitrogens with zero attached hydrogens (tertiary/aromatic N) is 1. The van der Waals surface area contributed by atoms with Crippen molar-refractivity contribution in [3.63, 3.8) is 0 Å². The molecule has 0 unspecified atom stereocenters. The van der Waals surface area contributed by atoms with E-state index in [0.29, 0.717) is 16.9 Å². The number of fused-ring (bicyclic) bond motifs is 1. The molecule has 2 aliphatic rings. The van der Waals surface area contributed by atoms with Gasteiger partial charge in [-0.25, -0.2) is 0 Å². The molecule has 6 nitrogen and oxygen atoms in total. The number of hydrogen-bond acceptors (Lipinski definition) is 5. The van der Waals surface area contributed by atoms with Crippen LogP contribution in [0.15, 0.2) is 42.5 Å². The van der Waals surface area contributed by atoms with Crippen molar-refractivity contribution in [3.05, 3.63) is 53.6 Å². The lowest BCUT2D eigenvalue weighted by molar-refractivity contribution is 0.0544. The van der Waals surface area contributed by atoms with Gasteiger partial charge in [-0.2, -0.15) is 0 Å². The third-order valence-corrected chi connectivity index (χ3v) is 5.61. The van der Waals surface area contributed by atoms with Gasteiger partial charge in [0.15, 0.2) is 0 Å². The average molecular weight is 380 g/mol. The molecule has 6 heteroatoms. The summed E-state index contributed by atoms with van der Waals surface area (Å²) < 4.78 is 10.7. The molecule has 2 atom stereocenters. The number of carbonyl (C=O) groups excluding carboxylic acids is 2. The third kappa shape index (κ3) is 3.19. The molecule has 0 aromatic heterocycles. The fourth-order valence-corrected chi connectivity index (χ4v) is 4.21. The van der Waals surface area contributed by atoms with E-state index in [2.05, 4.69) is 5.32 Å². The van der Waals surface area contributed by atoms with Crippen molar-refractivity contribution >= 4 is 17.5 Å². The average Bonchev–Trinajstić information content (AvgIpc) is 2.99. The highest BCUT2D eigenvalue weighted by atomic mass is 16.5. The summed E-state index contributed by atoms with van der Waals surface area (Å²) in [5.41, 5.74) is 1.91. The molecule has 1 aliphatic carbocycles. The molecule has 2 aromatic carbocycles. The van der Waals surface area contributed by atoms with Crippen LogP contribution in [0.25, 0.3) is 0 Å². The number of benzene rings is 2. The second-order valence-electron chi connectivity index (χ2n) is 7.25. The Morgan fingerprint density at radius 2 is 1.68 bits per heavy atom. The van der Waals surface area contributed by atoms with Gasteiger partial charge in [0.05, 0.1) is 31.0 Å². The highest BCUT2D eigenvalue weighted by Crippen LogP contribution is 2.34. The van der Waals surface area contributed by atoms with E-state index < -0.39 is 0 Å². The number of hydrogen-bond donors (Lipinski definition) is 1.